The Morgan fingerprint density at radius 3 is 3.30 bits per heavy atom. The van der Waals surface area contributed by atoms with Crippen LogP contribution in [0.2, 0.25) is 0 Å². The lowest BCUT2D eigenvalue weighted by molar-refractivity contribution is -0.136. The number of nitrogens with zero attached hydrogens (tertiary/aromatic N) is 1. The Bertz CT molecular complexity index is 474. The zero-order chi connectivity index (χ0) is 13.9. The number of rotatable bonds is 4. The Labute approximate surface area is 124 Å². The predicted octanol–water partition coefficient (Wildman–Crippen LogP) is 1.65. The van der Waals surface area contributed by atoms with Gasteiger partial charge in [-0.15, -0.1) is 11.3 Å². The van der Waals surface area contributed by atoms with E-state index >= 15 is 0 Å². The monoisotopic (exact) mass is 294 g/mol. The second-order valence-electron chi connectivity index (χ2n) is 5.58. The first-order valence-electron chi connectivity index (χ1n) is 7.44. The van der Waals surface area contributed by atoms with E-state index in [1.807, 2.05) is 16.2 Å². The van der Waals surface area contributed by atoms with Crippen molar-refractivity contribution in [1.82, 2.24) is 10.2 Å². The third kappa shape index (κ3) is 2.75. The molecule has 0 aliphatic carbocycles. The van der Waals surface area contributed by atoms with Crippen molar-refractivity contribution < 1.29 is 9.53 Å². The van der Waals surface area contributed by atoms with Crippen LogP contribution >= 0.6 is 11.3 Å². The molecule has 0 spiro atoms. The molecule has 2 unspecified atom stereocenters. The minimum Gasteiger partial charge on any atom is -0.379 e. The standard InChI is InChI=1S/C15H22N2O2S/c1-2-5-16-13-10-19-9-12(13)15(18)17-6-3-14-11(8-17)4-7-20-14/h4,7,12-13,16H,2-3,5-6,8-10H2,1H3. The third-order valence-electron chi connectivity index (χ3n) is 4.17. The zero-order valence-electron chi connectivity index (χ0n) is 11.9. The highest BCUT2D eigenvalue weighted by Gasteiger charge is 2.37. The SMILES string of the molecule is CCCNC1COCC1C(=O)N1CCc2sccc2C1. The van der Waals surface area contributed by atoms with E-state index in [0.717, 1.165) is 32.5 Å². The van der Waals surface area contributed by atoms with Gasteiger partial charge in [0.1, 0.15) is 0 Å². The van der Waals surface area contributed by atoms with Crippen LogP contribution in [0.25, 0.3) is 0 Å². The lowest BCUT2D eigenvalue weighted by atomic mass is 10.00. The Morgan fingerprint density at radius 2 is 2.45 bits per heavy atom. The maximum atomic E-state index is 12.7. The highest BCUT2D eigenvalue weighted by molar-refractivity contribution is 7.10. The van der Waals surface area contributed by atoms with Crippen LogP contribution in [-0.2, 0) is 22.5 Å². The quantitative estimate of drug-likeness (QED) is 0.918. The van der Waals surface area contributed by atoms with Crippen molar-refractivity contribution in [3.05, 3.63) is 21.9 Å². The molecule has 20 heavy (non-hydrogen) atoms. The summed E-state index contributed by atoms with van der Waals surface area (Å²) in [6.07, 6.45) is 2.08. The molecule has 1 aromatic heterocycles. The molecule has 5 heteroatoms. The molecule has 3 rings (SSSR count). The summed E-state index contributed by atoms with van der Waals surface area (Å²) in [5.41, 5.74) is 1.33. The summed E-state index contributed by atoms with van der Waals surface area (Å²) in [5.74, 6) is 0.245. The average Bonchev–Trinajstić information content (AvgIpc) is 3.12. The third-order valence-corrected chi connectivity index (χ3v) is 5.20. The minimum absolute atomic E-state index is 0.0123. The van der Waals surface area contributed by atoms with Gasteiger partial charge in [0.2, 0.25) is 5.91 Å². The molecule has 1 aromatic rings. The van der Waals surface area contributed by atoms with Crippen LogP contribution in [0.15, 0.2) is 11.4 Å². The molecular weight excluding hydrogens is 272 g/mol. The maximum Gasteiger partial charge on any atom is 0.230 e. The first-order chi connectivity index (χ1) is 9.79. The van der Waals surface area contributed by atoms with Gasteiger partial charge in [-0.1, -0.05) is 6.92 Å². The second-order valence-corrected chi connectivity index (χ2v) is 6.58. The Kier molecular flexibility index (Phi) is 4.38. The summed E-state index contributed by atoms with van der Waals surface area (Å²) in [6.45, 7) is 5.94. The van der Waals surface area contributed by atoms with E-state index in [0.29, 0.717) is 13.2 Å². The number of carbonyl (C=O) groups is 1. The van der Waals surface area contributed by atoms with Gasteiger partial charge >= 0.3 is 0 Å². The number of hydrogen-bond donors (Lipinski definition) is 1. The first kappa shape index (κ1) is 14.0. The van der Waals surface area contributed by atoms with E-state index < -0.39 is 0 Å². The van der Waals surface area contributed by atoms with Crippen molar-refractivity contribution in [1.29, 1.82) is 0 Å². The molecule has 2 aliphatic heterocycles. The molecule has 0 bridgehead atoms. The van der Waals surface area contributed by atoms with Crippen molar-refractivity contribution in [2.45, 2.75) is 32.4 Å². The largest absolute Gasteiger partial charge is 0.379 e. The summed E-state index contributed by atoms with van der Waals surface area (Å²) in [6, 6.07) is 2.34. The number of carbonyl (C=O) groups excluding carboxylic acids is 1. The van der Waals surface area contributed by atoms with Crippen molar-refractivity contribution in [2.24, 2.45) is 5.92 Å². The molecule has 1 amide bonds. The van der Waals surface area contributed by atoms with Gasteiger partial charge in [-0.25, -0.2) is 0 Å². The van der Waals surface area contributed by atoms with Crippen molar-refractivity contribution in [3.8, 4) is 0 Å². The number of thiophene rings is 1. The predicted molar refractivity (Wildman–Crippen MR) is 79.8 cm³/mol. The lowest BCUT2D eigenvalue weighted by Crippen LogP contribution is -2.47. The van der Waals surface area contributed by atoms with E-state index in [2.05, 4.69) is 23.7 Å². The number of fused-ring (bicyclic) bond motifs is 1. The van der Waals surface area contributed by atoms with Gasteiger partial charge in [0.25, 0.3) is 0 Å². The van der Waals surface area contributed by atoms with Crippen molar-refractivity contribution >= 4 is 17.2 Å². The van der Waals surface area contributed by atoms with E-state index in [4.69, 9.17) is 4.74 Å². The average molecular weight is 294 g/mol. The highest BCUT2D eigenvalue weighted by Crippen LogP contribution is 2.26. The Hall–Kier alpha value is -0.910. The number of ether oxygens (including phenoxy) is 1. The Morgan fingerprint density at radius 1 is 1.55 bits per heavy atom. The molecule has 4 nitrogen and oxygen atoms in total. The zero-order valence-corrected chi connectivity index (χ0v) is 12.7. The Balaban J connectivity index is 1.64. The summed E-state index contributed by atoms with van der Waals surface area (Å²) in [5, 5.41) is 5.57. The molecule has 0 saturated carbocycles. The van der Waals surface area contributed by atoms with Gasteiger partial charge in [0, 0.05) is 24.0 Å². The van der Waals surface area contributed by atoms with E-state index in [1.54, 1.807) is 0 Å². The topological polar surface area (TPSA) is 41.6 Å². The molecule has 2 atom stereocenters. The van der Waals surface area contributed by atoms with Crippen LogP contribution in [0, 0.1) is 5.92 Å². The maximum absolute atomic E-state index is 12.7. The number of hydrogen-bond acceptors (Lipinski definition) is 4. The van der Waals surface area contributed by atoms with Gasteiger partial charge in [0.15, 0.2) is 0 Å². The van der Waals surface area contributed by atoms with E-state index in [1.165, 1.54) is 10.4 Å². The smallest absolute Gasteiger partial charge is 0.230 e. The van der Waals surface area contributed by atoms with Crippen molar-refractivity contribution in [3.63, 3.8) is 0 Å². The molecule has 1 fully saturated rings. The molecule has 1 N–H and O–H groups in total. The summed E-state index contributed by atoms with van der Waals surface area (Å²) < 4.78 is 5.53. The molecule has 110 valence electrons. The van der Waals surface area contributed by atoms with Gasteiger partial charge in [-0.05, 0) is 36.4 Å². The summed E-state index contributed by atoms with van der Waals surface area (Å²) in [4.78, 5) is 16.2. The minimum atomic E-state index is -0.0123. The van der Waals surface area contributed by atoms with Gasteiger partial charge in [0.05, 0.1) is 19.1 Å². The van der Waals surface area contributed by atoms with Crippen LogP contribution in [0.4, 0.5) is 0 Å². The fourth-order valence-corrected chi connectivity index (χ4v) is 3.89. The van der Waals surface area contributed by atoms with Crippen LogP contribution in [0.3, 0.4) is 0 Å². The summed E-state index contributed by atoms with van der Waals surface area (Å²) in [7, 11) is 0. The van der Waals surface area contributed by atoms with Gasteiger partial charge < -0.3 is 15.0 Å². The van der Waals surface area contributed by atoms with Gasteiger partial charge in [-0.2, -0.15) is 0 Å². The van der Waals surface area contributed by atoms with Crippen LogP contribution in [-0.4, -0.2) is 43.2 Å². The normalized spacial score (nSPS) is 25.8. The number of amides is 1. The van der Waals surface area contributed by atoms with Crippen molar-refractivity contribution in [2.75, 3.05) is 26.3 Å². The molecule has 3 heterocycles. The molecule has 0 aromatic carbocycles. The van der Waals surface area contributed by atoms with Crippen LogP contribution in [0.5, 0.6) is 0 Å². The molecule has 0 radical (unpaired) electrons. The van der Waals surface area contributed by atoms with Gasteiger partial charge in [-0.3, -0.25) is 4.79 Å². The van der Waals surface area contributed by atoms with Crippen LogP contribution < -0.4 is 5.32 Å². The lowest BCUT2D eigenvalue weighted by Gasteiger charge is -2.30. The second kappa shape index (κ2) is 6.24. The molecular formula is C15H22N2O2S. The molecule has 1 saturated heterocycles. The highest BCUT2D eigenvalue weighted by atomic mass is 32.1. The first-order valence-corrected chi connectivity index (χ1v) is 8.32. The molecule has 2 aliphatic rings. The number of nitrogens with one attached hydrogen (secondary N) is 1. The summed E-state index contributed by atoms with van der Waals surface area (Å²) >= 11 is 1.81. The van der Waals surface area contributed by atoms with E-state index in [-0.39, 0.29) is 17.9 Å². The fraction of sp³-hybridized carbons (Fsp3) is 0.667. The van der Waals surface area contributed by atoms with Crippen LogP contribution in [0.1, 0.15) is 23.8 Å². The van der Waals surface area contributed by atoms with E-state index in [9.17, 15) is 4.79 Å². The fourth-order valence-electron chi connectivity index (χ4n) is 3.00.